The van der Waals surface area contributed by atoms with Crippen LogP contribution in [0.15, 0.2) is 24.4 Å². The van der Waals surface area contributed by atoms with Crippen LogP contribution < -0.4 is 5.32 Å². The number of aromatic nitrogens is 2. The van der Waals surface area contributed by atoms with Gasteiger partial charge in [-0.1, -0.05) is 12.1 Å². The summed E-state index contributed by atoms with van der Waals surface area (Å²) in [5.41, 5.74) is 1.36. The fourth-order valence-electron chi connectivity index (χ4n) is 1.75. The first-order valence-electron chi connectivity index (χ1n) is 5.44. The summed E-state index contributed by atoms with van der Waals surface area (Å²) in [7, 11) is 1.61. The normalized spacial score (nSPS) is 12.6. The van der Waals surface area contributed by atoms with Crippen molar-refractivity contribution in [2.24, 2.45) is 0 Å². The molecule has 90 valence electrons. The second-order valence-electron chi connectivity index (χ2n) is 3.97. The summed E-state index contributed by atoms with van der Waals surface area (Å²) >= 11 is 0. The van der Waals surface area contributed by atoms with Crippen LogP contribution in [0.3, 0.4) is 0 Å². The summed E-state index contributed by atoms with van der Waals surface area (Å²) in [5.74, 6) is -0.121. The van der Waals surface area contributed by atoms with Crippen LogP contribution in [0.25, 0.3) is 10.9 Å². The standard InChI is InChI=1S/C12H15N3O2/c1-8(7-17-2)14-12(16)10-5-3-4-9-6-13-15-11(9)10/h3-6,8H,7H2,1-2H3,(H,13,15)(H,14,16). The van der Waals surface area contributed by atoms with Crippen LogP contribution in [-0.4, -0.2) is 35.9 Å². The van der Waals surface area contributed by atoms with Crippen molar-refractivity contribution in [3.05, 3.63) is 30.0 Å². The molecule has 0 aliphatic heterocycles. The Morgan fingerprint density at radius 2 is 2.41 bits per heavy atom. The first kappa shape index (κ1) is 11.6. The first-order chi connectivity index (χ1) is 8.22. The molecule has 1 unspecified atom stereocenters. The molecule has 0 radical (unpaired) electrons. The Bertz CT molecular complexity index is 521. The highest BCUT2D eigenvalue weighted by Crippen LogP contribution is 2.15. The fourth-order valence-corrected chi connectivity index (χ4v) is 1.75. The van der Waals surface area contributed by atoms with Crippen LogP contribution in [0.4, 0.5) is 0 Å². The number of benzene rings is 1. The highest BCUT2D eigenvalue weighted by atomic mass is 16.5. The molecule has 0 spiro atoms. The topological polar surface area (TPSA) is 67.0 Å². The number of aromatic amines is 1. The molecule has 17 heavy (non-hydrogen) atoms. The molecule has 0 fully saturated rings. The Morgan fingerprint density at radius 3 is 3.18 bits per heavy atom. The van der Waals surface area contributed by atoms with Crippen molar-refractivity contribution < 1.29 is 9.53 Å². The van der Waals surface area contributed by atoms with E-state index in [1.807, 2.05) is 19.1 Å². The van der Waals surface area contributed by atoms with Gasteiger partial charge in [-0.25, -0.2) is 0 Å². The second-order valence-corrected chi connectivity index (χ2v) is 3.97. The Hall–Kier alpha value is -1.88. The largest absolute Gasteiger partial charge is 0.383 e. The summed E-state index contributed by atoms with van der Waals surface area (Å²) in [6.07, 6.45) is 1.70. The molecular weight excluding hydrogens is 218 g/mol. The molecule has 1 heterocycles. The average Bonchev–Trinajstić information content (AvgIpc) is 2.76. The number of amides is 1. The van der Waals surface area contributed by atoms with Gasteiger partial charge in [-0.15, -0.1) is 0 Å². The number of hydrogen-bond acceptors (Lipinski definition) is 3. The van der Waals surface area contributed by atoms with Gasteiger partial charge in [0.05, 0.1) is 23.9 Å². The Labute approximate surface area is 99.2 Å². The number of H-pyrrole nitrogens is 1. The zero-order chi connectivity index (χ0) is 12.3. The average molecular weight is 233 g/mol. The monoisotopic (exact) mass is 233 g/mol. The minimum Gasteiger partial charge on any atom is -0.383 e. The number of ether oxygens (including phenoxy) is 1. The summed E-state index contributed by atoms with van der Waals surface area (Å²) in [5, 5.41) is 10.6. The van der Waals surface area contributed by atoms with Gasteiger partial charge in [0.2, 0.25) is 0 Å². The number of methoxy groups -OCH3 is 1. The van der Waals surface area contributed by atoms with E-state index in [1.54, 1.807) is 19.4 Å². The van der Waals surface area contributed by atoms with E-state index in [4.69, 9.17) is 4.74 Å². The van der Waals surface area contributed by atoms with Crippen molar-refractivity contribution in [2.45, 2.75) is 13.0 Å². The molecule has 2 N–H and O–H groups in total. The van der Waals surface area contributed by atoms with Gasteiger partial charge in [0, 0.05) is 18.5 Å². The van der Waals surface area contributed by atoms with Crippen LogP contribution in [0.2, 0.25) is 0 Å². The van der Waals surface area contributed by atoms with Crippen molar-refractivity contribution in [3.8, 4) is 0 Å². The molecule has 0 aliphatic rings. The van der Waals surface area contributed by atoms with Gasteiger partial charge in [-0.05, 0) is 13.0 Å². The van der Waals surface area contributed by atoms with E-state index in [1.165, 1.54) is 0 Å². The number of fused-ring (bicyclic) bond motifs is 1. The minimum atomic E-state index is -0.121. The third-order valence-electron chi connectivity index (χ3n) is 2.52. The van der Waals surface area contributed by atoms with Crippen LogP contribution in [0.5, 0.6) is 0 Å². The number of para-hydroxylation sites is 1. The molecule has 0 saturated heterocycles. The Balaban J connectivity index is 2.21. The van der Waals surface area contributed by atoms with Crippen molar-refractivity contribution in [1.82, 2.24) is 15.5 Å². The van der Waals surface area contributed by atoms with E-state index in [2.05, 4.69) is 15.5 Å². The molecule has 1 amide bonds. The van der Waals surface area contributed by atoms with E-state index in [-0.39, 0.29) is 11.9 Å². The van der Waals surface area contributed by atoms with E-state index < -0.39 is 0 Å². The van der Waals surface area contributed by atoms with E-state index >= 15 is 0 Å². The molecule has 2 rings (SSSR count). The van der Waals surface area contributed by atoms with Crippen LogP contribution >= 0.6 is 0 Å². The van der Waals surface area contributed by atoms with Crippen LogP contribution in [0.1, 0.15) is 17.3 Å². The lowest BCUT2D eigenvalue weighted by Gasteiger charge is -2.12. The maximum Gasteiger partial charge on any atom is 0.253 e. The summed E-state index contributed by atoms with van der Waals surface area (Å²) in [6.45, 7) is 2.39. The molecule has 5 nitrogen and oxygen atoms in total. The van der Waals surface area contributed by atoms with Gasteiger partial charge >= 0.3 is 0 Å². The number of carbonyl (C=O) groups is 1. The quantitative estimate of drug-likeness (QED) is 0.837. The van der Waals surface area contributed by atoms with Crippen molar-refractivity contribution >= 4 is 16.8 Å². The predicted octanol–water partition coefficient (Wildman–Crippen LogP) is 1.33. The minimum absolute atomic E-state index is 0.0225. The Kier molecular flexibility index (Phi) is 3.39. The molecule has 2 aromatic rings. The smallest absolute Gasteiger partial charge is 0.253 e. The molecule has 1 atom stereocenters. The molecule has 1 aromatic carbocycles. The number of hydrogen-bond donors (Lipinski definition) is 2. The van der Waals surface area contributed by atoms with Gasteiger partial charge in [-0.3, -0.25) is 9.89 Å². The SMILES string of the molecule is COCC(C)NC(=O)c1cccc2cn[nH]c12. The highest BCUT2D eigenvalue weighted by Gasteiger charge is 2.13. The lowest BCUT2D eigenvalue weighted by molar-refractivity contribution is 0.0907. The number of nitrogens with zero attached hydrogens (tertiary/aromatic N) is 1. The van der Waals surface area contributed by atoms with E-state index in [0.717, 1.165) is 10.9 Å². The second kappa shape index (κ2) is 4.97. The molecule has 0 aliphatic carbocycles. The zero-order valence-electron chi connectivity index (χ0n) is 9.86. The first-order valence-corrected chi connectivity index (χ1v) is 5.44. The van der Waals surface area contributed by atoms with E-state index in [0.29, 0.717) is 12.2 Å². The number of rotatable bonds is 4. The number of carbonyl (C=O) groups excluding carboxylic acids is 1. The van der Waals surface area contributed by atoms with Crippen molar-refractivity contribution in [3.63, 3.8) is 0 Å². The van der Waals surface area contributed by atoms with Gasteiger partial charge in [0.25, 0.3) is 5.91 Å². The zero-order valence-corrected chi connectivity index (χ0v) is 9.86. The maximum atomic E-state index is 12.0. The predicted molar refractivity (Wildman–Crippen MR) is 64.9 cm³/mol. The number of nitrogens with one attached hydrogen (secondary N) is 2. The fraction of sp³-hybridized carbons (Fsp3) is 0.333. The molecule has 0 saturated carbocycles. The third kappa shape index (κ3) is 2.45. The van der Waals surface area contributed by atoms with Gasteiger partial charge in [0.1, 0.15) is 0 Å². The van der Waals surface area contributed by atoms with Crippen LogP contribution in [0, 0.1) is 0 Å². The lowest BCUT2D eigenvalue weighted by atomic mass is 10.1. The lowest BCUT2D eigenvalue weighted by Crippen LogP contribution is -2.35. The van der Waals surface area contributed by atoms with Crippen molar-refractivity contribution in [2.75, 3.05) is 13.7 Å². The molecule has 0 bridgehead atoms. The van der Waals surface area contributed by atoms with Gasteiger partial charge in [0.15, 0.2) is 0 Å². The van der Waals surface area contributed by atoms with E-state index in [9.17, 15) is 4.79 Å². The summed E-state index contributed by atoms with van der Waals surface area (Å²) in [4.78, 5) is 12.0. The molecule has 1 aromatic heterocycles. The van der Waals surface area contributed by atoms with Gasteiger partial charge in [-0.2, -0.15) is 5.10 Å². The third-order valence-corrected chi connectivity index (χ3v) is 2.52. The summed E-state index contributed by atoms with van der Waals surface area (Å²) < 4.78 is 4.98. The van der Waals surface area contributed by atoms with Crippen molar-refractivity contribution in [1.29, 1.82) is 0 Å². The molecular formula is C12H15N3O2. The van der Waals surface area contributed by atoms with Gasteiger partial charge < -0.3 is 10.1 Å². The molecule has 5 heteroatoms. The Morgan fingerprint density at radius 1 is 1.59 bits per heavy atom. The highest BCUT2D eigenvalue weighted by molar-refractivity contribution is 6.05. The maximum absolute atomic E-state index is 12.0. The van der Waals surface area contributed by atoms with Crippen LogP contribution in [-0.2, 0) is 4.74 Å². The summed E-state index contributed by atoms with van der Waals surface area (Å²) in [6, 6.07) is 5.50.